The van der Waals surface area contributed by atoms with E-state index in [0.717, 1.165) is 18.5 Å². The number of nitrogens with zero attached hydrogens (tertiary/aromatic N) is 3. The molecule has 2 rings (SSSR count). The van der Waals surface area contributed by atoms with Gasteiger partial charge in [0.25, 0.3) is 0 Å². The molecule has 0 saturated carbocycles. The number of unbranched alkanes of at least 4 members (excludes halogenated alkanes) is 7. The van der Waals surface area contributed by atoms with Crippen LogP contribution in [-0.4, -0.2) is 39.2 Å². The molecule has 0 aliphatic rings. The summed E-state index contributed by atoms with van der Waals surface area (Å²) in [6, 6.07) is 5.91. The lowest BCUT2D eigenvalue weighted by Crippen LogP contribution is -2.13. The predicted molar refractivity (Wildman–Crippen MR) is 125 cm³/mol. The zero-order valence-corrected chi connectivity index (χ0v) is 19.4. The Labute approximate surface area is 186 Å². The number of carboxylic acids is 1. The minimum absolute atomic E-state index is 0.269. The molecule has 2 aromatic heterocycles. The van der Waals surface area contributed by atoms with Gasteiger partial charge in [-0.1, -0.05) is 57.9 Å². The summed E-state index contributed by atoms with van der Waals surface area (Å²) < 4.78 is 5.23. The Bertz CT molecular complexity index is 739. The summed E-state index contributed by atoms with van der Waals surface area (Å²) in [6.07, 6.45) is 13.4. The molecular formula is C24H38N4O3. The fourth-order valence-corrected chi connectivity index (χ4v) is 2.93. The van der Waals surface area contributed by atoms with Gasteiger partial charge in [0.2, 0.25) is 0 Å². The summed E-state index contributed by atoms with van der Waals surface area (Å²) in [7, 11) is 1.60. The molecule has 7 heteroatoms. The van der Waals surface area contributed by atoms with Crippen LogP contribution in [-0.2, 0) is 4.79 Å². The number of aromatic nitrogens is 3. The minimum Gasteiger partial charge on any atom is -0.491 e. The molecule has 0 amide bonds. The van der Waals surface area contributed by atoms with Gasteiger partial charge in [0.15, 0.2) is 17.4 Å². The average molecular weight is 431 g/mol. The van der Waals surface area contributed by atoms with Crippen LogP contribution in [0.1, 0.15) is 78.6 Å². The van der Waals surface area contributed by atoms with E-state index in [9.17, 15) is 4.79 Å². The third-order valence-corrected chi connectivity index (χ3v) is 4.54. The van der Waals surface area contributed by atoms with E-state index < -0.39 is 5.97 Å². The van der Waals surface area contributed by atoms with Gasteiger partial charge in [-0.3, -0.25) is 9.78 Å². The van der Waals surface area contributed by atoms with E-state index >= 15 is 0 Å². The first kappa shape index (κ1) is 26.3. The van der Waals surface area contributed by atoms with Crippen molar-refractivity contribution in [2.45, 2.75) is 84.6 Å². The number of aliphatic carboxylic acids is 1. The summed E-state index contributed by atoms with van der Waals surface area (Å²) in [5, 5.41) is 11.6. The summed E-state index contributed by atoms with van der Waals surface area (Å²) >= 11 is 0. The average Bonchev–Trinajstić information content (AvgIpc) is 2.76. The highest BCUT2D eigenvalue weighted by molar-refractivity contribution is 5.66. The molecule has 0 aliphatic carbocycles. The maximum atomic E-state index is 10.2. The van der Waals surface area contributed by atoms with Crippen molar-refractivity contribution in [3.8, 4) is 17.3 Å². The Morgan fingerprint density at radius 2 is 1.74 bits per heavy atom. The number of methoxy groups -OCH3 is 1. The number of carboxylic acid groups (broad SMARTS) is 1. The first-order chi connectivity index (χ1) is 15.0. The zero-order valence-electron chi connectivity index (χ0n) is 19.4. The second kappa shape index (κ2) is 16.1. The third-order valence-electron chi connectivity index (χ3n) is 4.54. The van der Waals surface area contributed by atoms with Crippen LogP contribution in [0, 0.1) is 0 Å². The monoisotopic (exact) mass is 430 g/mol. The Morgan fingerprint density at radius 1 is 1.06 bits per heavy atom. The molecule has 0 spiro atoms. The Balaban J connectivity index is 0.000000330. The summed E-state index contributed by atoms with van der Waals surface area (Å²) in [5.74, 6) is 1.23. The molecule has 31 heavy (non-hydrogen) atoms. The number of pyridine rings is 1. The standard InChI is InChI=1S/C13H16N4O.C11H22O2/c1-9(2)16-13-11(18-3)8-15-12(17-13)10-6-4-5-7-14-10;1-2-3-4-5-6-7-8-9-10-11(12)13/h4-9H,1-3H3,(H,15,16,17);2-10H2,1H3,(H,12,13). The second-order valence-electron chi connectivity index (χ2n) is 7.74. The normalized spacial score (nSPS) is 10.4. The number of ether oxygens (including phenoxy) is 1. The lowest BCUT2D eigenvalue weighted by atomic mass is 10.1. The predicted octanol–water partition coefficient (Wildman–Crippen LogP) is 5.97. The van der Waals surface area contributed by atoms with Crippen molar-refractivity contribution in [2.75, 3.05) is 12.4 Å². The quantitative estimate of drug-likeness (QED) is 0.378. The van der Waals surface area contributed by atoms with Crippen LogP contribution in [0.2, 0.25) is 0 Å². The van der Waals surface area contributed by atoms with E-state index in [1.165, 1.54) is 38.5 Å². The van der Waals surface area contributed by atoms with Crippen LogP contribution < -0.4 is 10.1 Å². The van der Waals surface area contributed by atoms with Gasteiger partial charge in [-0.25, -0.2) is 9.97 Å². The van der Waals surface area contributed by atoms with Crippen molar-refractivity contribution >= 4 is 11.8 Å². The molecule has 2 aromatic rings. The Morgan fingerprint density at radius 3 is 2.29 bits per heavy atom. The number of hydrogen-bond donors (Lipinski definition) is 2. The maximum absolute atomic E-state index is 10.2. The number of hydrogen-bond acceptors (Lipinski definition) is 6. The van der Waals surface area contributed by atoms with Crippen LogP contribution in [0.25, 0.3) is 11.5 Å². The van der Waals surface area contributed by atoms with Gasteiger partial charge in [-0.2, -0.15) is 0 Å². The molecular weight excluding hydrogens is 392 g/mol. The van der Waals surface area contributed by atoms with E-state index in [4.69, 9.17) is 9.84 Å². The molecule has 0 aliphatic heterocycles. The maximum Gasteiger partial charge on any atom is 0.303 e. The van der Waals surface area contributed by atoms with Gasteiger partial charge in [0.1, 0.15) is 5.69 Å². The highest BCUT2D eigenvalue weighted by atomic mass is 16.5. The van der Waals surface area contributed by atoms with Crippen molar-refractivity contribution in [3.63, 3.8) is 0 Å². The zero-order chi connectivity index (χ0) is 22.9. The van der Waals surface area contributed by atoms with Crippen LogP contribution in [0.3, 0.4) is 0 Å². The van der Waals surface area contributed by atoms with Crippen molar-refractivity contribution < 1.29 is 14.6 Å². The van der Waals surface area contributed by atoms with Crippen LogP contribution in [0.4, 0.5) is 5.82 Å². The van der Waals surface area contributed by atoms with Gasteiger partial charge in [0, 0.05) is 18.7 Å². The van der Waals surface area contributed by atoms with Gasteiger partial charge in [0.05, 0.1) is 13.3 Å². The number of rotatable bonds is 13. The molecule has 0 saturated heterocycles. The largest absolute Gasteiger partial charge is 0.491 e. The van der Waals surface area contributed by atoms with Crippen LogP contribution in [0.5, 0.6) is 5.75 Å². The van der Waals surface area contributed by atoms with Gasteiger partial charge >= 0.3 is 5.97 Å². The van der Waals surface area contributed by atoms with E-state index in [2.05, 4.69) is 27.2 Å². The second-order valence-corrected chi connectivity index (χ2v) is 7.74. The number of nitrogens with one attached hydrogen (secondary N) is 1. The number of carbonyl (C=O) groups is 1. The van der Waals surface area contributed by atoms with Gasteiger partial charge < -0.3 is 15.2 Å². The topological polar surface area (TPSA) is 97.2 Å². The minimum atomic E-state index is -0.661. The van der Waals surface area contributed by atoms with E-state index in [1.807, 2.05) is 32.0 Å². The first-order valence-electron chi connectivity index (χ1n) is 11.3. The molecule has 0 unspecified atom stereocenters. The first-order valence-corrected chi connectivity index (χ1v) is 11.3. The molecule has 2 N–H and O–H groups in total. The van der Waals surface area contributed by atoms with Crippen molar-refractivity contribution in [2.24, 2.45) is 0 Å². The highest BCUT2D eigenvalue weighted by Crippen LogP contribution is 2.24. The van der Waals surface area contributed by atoms with Crippen LogP contribution >= 0.6 is 0 Å². The lowest BCUT2D eigenvalue weighted by molar-refractivity contribution is -0.137. The molecule has 2 heterocycles. The van der Waals surface area contributed by atoms with E-state index in [0.29, 0.717) is 23.8 Å². The molecule has 0 radical (unpaired) electrons. The van der Waals surface area contributed by atoms with E-state index in [-0.39, 0.29) is 6.04 Å². The fraction of sp³-hybridized carbons (Fsp3) is 0.583. The SMILES string of the molecule is CCCCCCCCCCC(=O)O.COc1cnc(-c2ccccn2)nc1NC(C)C. The Hall–Kier alpha value is -2.70. The highest BCUT2D eigenvalue weighted by Gasteiger charge is 2.10. The third kappa shape index (κ3) is 11.9. The molecule has 0 aromatic carbocycles. The lowest BCUT2D eigenvalue weighted by Gasteiger charge is -2.13. The van der Waals surface area contributed by atoms with E-state index in [1.54, 1.807) is 19.5 Å². The molecule has 172 valence electrons. The molecule has 7 nitrogen and oxygen atoms in total. The summed E-state index contributed by atoms with van der Waals surface area (Å²) in [5.41, 5.74) is 0.743. The molecule has 0 fully saturated rings. The van der Waals surface area contributed by atoms with Gasteiger partial charge in [-0.05, 0) is 32.4 Å². The van der Waals surface area contributed by atoms with Gasteiger partial charge in [-0.15, -0.1) is 0 Å². The number of anilines is 1. The molecule has 0 bridgehead atoms. The molecule has 0 atom stereocenters. The summed E-state index contributed by atoms with van der Waals surface area (Å²) in [4.78, 5) is 23.1. The van der Waals surface area contributed by atoms with Crippen molar-refractivity contribution in [1.82, 2.24) is 15.0 Å². The fourth-order valence-electron chi connectivity index (χ4n) is 2.93. The van der Waals surface area contributed by atoms with Crippen molar-refractivity contribution in [1.29, 1.82) is 0 Å². The summed E-state index contributed by atoms with van der Waals surface area (Å²) in [6.45, 7) is 6.30. The van der Waals surface area contributed by atoms with Crippen LogP contribution in [0.15, 0.2) is 30.6 Å². The van der Waals surface area contributed by atoms with Crippen molar-refractivity contribution in [3.05, 3.63) is 30.6 Å². The smallest absolute Gasteiger partial charge is 0.303 e. The Kier molecular flexibility index (Phi) is 13.6.